The van der Waals surface area contributed by atoms with Gasteiger partial charge in [0.15, 0.2) is 0 Å². The smallest absolute Gasteiger partial charge is 0.101 e. The molecule has 0 radical (unpaired) electrons. The summed E-state index contributed by atoms with van der Waals surface area (Å²) in [6, 6.07) is 0. The van der Waals surface area contributed by atoms with Crippen molar-refractivity contribution in [2.75, 3.05) is 33.6 Å². The van der Waals surface area contributed by atoms with E-state index in [1.54, 1.807) is 0 Å². The number of hydrogen-bond acceptors (Lipinski definition) is 1. The highest BCUT2D eigenvalue weighted by Gasteiger charge is 2.29. The Labute approximate surface area is 58.6 Å². The molecule has 0 aliphatic rings. The van der Waals surface area contributed by atoms with Crippen molar-refractivity contribution in [2.24, 2.45) is 5.41 Å². The summed E-state index contributed by atoms with van der Waals surface area (Å²) in [6.45, 7) is -2.83. The SMILES string of the molecule is CNCC(CF)(CF)CF. The second-order valence-corrected chi connectivity index (χ2v) is 2.43. The Balaban J connectivity index is 3.87. The number of alkyl halides is 3. The molecule has 0 unspecified atom stereocenters. The summed E-state index contributed by atoms with van der Waals surface area (Å²) in [4.78, 5) is 0. The Morgan fingerprint density at radius 1 is 1.10 bits per heavy atom. The van der Waals surface area contributed by atoms with Crippen LogP contribution in [0.1, 0.15) is 0 Å². The van der Waals surface area contributed by atoms with Crippen molar-refractivity contribution in [2.45, 2.75) is 0 Å². The molecule has 0 heterocycles. The first-order chi connectivity index (χ1) is 4.74. The molecule has 0 spiro atoms. The van der Waals surface area contributed by atoms with Crippen LogP contribution in [-0.4, -0.2) is 33.6 Å². The third-order valence-corrected chi connectivity index (χ3v) is 1.40. The minimum Gasteiger partial charge on any atom is -0.319 e. The van der Waals surface area contributed by atoms with Crippen molar-refractivity contribution in [1.82, 2.24) is 5.32 Å². The quantitative estimate of drug-likeness (QED) is 0.627. The van der Waals surface area contributed by atoms with Gasteiger partial charge in [0.1, 0.15) is 20.0 Å². The summed E-state index contributed by atoms with van der Waals surface area (Å²) in [5.41, 5.74) is -1.44. The Morgan fingerprint density at radius 2 is 1.50 bits per heavy atom. The predicted octanol–water partition coefficient (Wildman–Crippen LogP) is 1.10. The summed E-state index contributed by atoms with van der Waals surface area (Å²) < 4.78 is 35.9. The lowest BCUT2D eigenvalue weighted by atomic mass is 9.93. The van der Waals surface area contributed by atoms with Crippen molar-refractivity contribution >= 4 is 0 Å². The minimum absolute atomic E-state index is 0.0382. The molecule has 0 rings (SSSR count). The average Bonchev–Trinajstić information content (AvgIpc) is 2.01. The highest BCUT2D eigenvalue weighted by molar-refractivity contribution is 4.79. The number of nitrogens with one attached hydrogen (secondary N) is 1. The van der Waals surface area contributed by atoms with E-state index >= 15 is 0 Å². The summed E-state index contributed by atoms with van der Waals surface area (Å²) in [5.74, 6) is 0. The predicted molar refractivity (Wildman–Crippen MR) is 34.3 cm³/mol. The van der Waals surface area contributed by atoms with Crippen LogP contribution in [0.4, 0.5) is 13.2 Å². The molecule has 62 valence electrons. The van der Waals surface area contributed by atoms with E-state index in [4.69, 9.17) is 0 Å². The highest BCUT2D eigenvalue weighted by atomic mass is 19.1. The number of hydrogen-bond donors (Lipinski definition) is 1. The molecule has 0 bridgehead atoms. The maximum absolute atomic E-state index is 12.0. The van der Waals surface area contributed by atoms with E-state index in [0.717, 1.165) is 0 Å². The van der Waals surface area contributed by atoms with Crippen molar-refractivity contribution in [1.29, 1.82) is 0 Å². The van der Waals surface area contributed by atoms with Gasteiger partial charge in [-0.2, -0.15) is 0 Å². The van der Waals surface area contributed by atoms with Crippen LogP contribution in [0.25, 0.3) is 0 Å². The molecular weight excluding hydrogens is 143 g/mol. The third-order valence-electron chi connectivity index (χ3n) is 1.40. The van der Waals surface area contributed by atoms with Gasteiger partial charge in [0.25, 0.3) is 0 Å². The number of halogens is 3. The van der Waals surface area contributed by atoms with E-state index in [1.165, 1.54) is 7.05 Å². The van der Waals surface area contributed by atoms with Gasteiger partial charge >= 0.3 is 0 Å². The van der Waals surface area contributed by atoms with Gasteiger partial charge in [0, 0.05) is 6.54 Å². The summed E-state index contributed by atoms with van der Waals surface area (Å²) >= 11 is 0. The molecule has 0 saturated heterocycles. The second kappa shape index (κ2) is 4.55. The van der Waals surface area contributed by atoms with Crippen molar-refractivity contribution < 1.29 is 13.2 Å². The Kier molecular flexibility index (Phi) is 4.43. The van der Waals surface area contributed by atoms with Crippen LogP contribution < -0.4 is 5.32 Å². The Hall–Kier alpha value is -0.250. The van der Waals surface area contributed by atoms with Gasteiger partial charge in [-0.05, 0) is 7.05 Å². The van der Waals surface area contributed by atoms with Crippen LogP contribution in [0.15, 0.2) is 0 Å². The number of rotatable bonds is 5. The zero-order chi connectivity index (χ0) is 8.04. The van der Waals surface area contributed by atoms with E-state index in [1.807, 2.05) is 0 Å². The van der Waals surface area contributed by atoms with Crippen LogP contribution in [-0.2, 0) is 0 Å². The first-order valence-corrected chi connectivity index (χ1v) is 3.07. The van der Waals surface area contributed by atoms with Crippen LogP contribution in [0.5, 0.6) is 0 Å². The fourth-order valence-electron chi connectivity index (χ4n) is 0.624. The first kappa shape index (κ1) is 9.75. The lowest BCUT2D eigenvalue weighted by molar-refractivity contribution is 0.113. The molecule has 0 aromatic rings. The lowest BCUT2D eigenvalue weighted by Gasteiger charge is -2.22. The van der Waals surface area contributed by atoms with Crippen LogP contribution >= 0.6 is 0 Å². The van der Waals surface area contributed by atoms with Crippen molar-refractivity contribution in [3.8, 4) is 0 Å². The van der Waals surface area contributed by atoms with Gasteiger partial charge in [0.2, 0.25) is 0 Å². The molecule has 4 heteroatoms. The highest BCUT2D eigenvalue weighted by Crippen LogP contribution is 2.18. The first-order valence-electron chi connectivity index (χ1n) is 3.07. The monoisotopic (exact) mass is 155 g/mol. The lowest BCUT2D eigenvalue weighted by Crippen LogP contribution is -2.38. The van der Waals surface area contributed by atoms with Crippen molar-refractivity contribution in [3.05, 3.63) is 0 Å². The maximum atomic E-state index is 12.0. The van der Waals surface area contributed by atoms with Gasteiger partial charge < -0.3 is 5.32 Å². The molecule has 0 aliphatic heterocycles. The van der Waals surface area contributed by atoms with E-state index in [2.05, 4.69) is 5.32 Å². The van der Waals surface area contributed by atoms with E-state index in [0.29, 0.717) is 0 Å². The normalized spacial score (nSPS) is 12.0. The zero-order valence-electron chi connectivity index (χ0n) is 5.96. The molecule has 0 fully saturated rings. The van der Waals surface area contributed by atoms with Crippen LogP contribution in [0.3, 0.4) is 0 Å². The largest absolute Gasteiger partial charge is 0.319 e. The average molecular weight is 155 g/mol. The maximum Gasteiger partial charge on any atom is 0.101 e. The van der Waals surface area contributed by atoms with Gasteiger partial charge in [0.05, 0.1) is 5.41 Å². The van der Waals surface area contributed by atoms with Gasteiger partial charge in [-0.1, -0.05) is 0 Å². The molecule has 0 saturated carbocycles. The van der Waals surface area contributed by atoms with E-state index in [-0.39, 0.29) is 6.54 Å². The molecule has 0 amide bonds. The fourth-order valence-corrected chi connectivity index (χ4v) is 0.624. The minimum atomic E-state index is -1.44. The fraction of sp³-hybridized carbons (Fsp3) is 1.00. The van der Waals surface area contributed by atoms with Gasteiger partial charge in [-0.3, -0.25) is 13.2 Å². The summed E-state index contributed by atoms with van der Waals surface area (Å²) in [6.07, 6.45) is 0. The van der Waals surface area contributed by atoms with E-state index in [9.17, 15) is 13.2 Å². The molecule has 0 atom stereocenters. The molecule has 0 aromatic carbocycles. The second-order valence-electron chi connectivity index (χ2n) is 2.43. The van der Waals surface area contributed by atoms with Crippen molar-refractivity contribution in [3.63, 3.8) is 0 Å². The zero-order valence-corrected chi connectivity index (χ0v) is 5.96. The standard InChI is InChI=1S/C6H12F3N/c1-10-5-6(2-7,3-8)4-9/h10H,2-5H2,1H3. The molecule has 0 aliphatic carbocycles. The topological polar surface area (TPSA) is 12.0 Å². The van der Waals surface area contributed by atoms with Crippen LogP contribution in [0, 0.1) is 5.41 Å². The molecule has 10 heavy (non-hydrogen) atoms. The Morgan fingerprint density at radius 3 is 1.60 bits per heavy atom. The molecule has 1 nitrogen and oxygen atoms in total. The summed E-state index contributed by atoms with van der Waals surface area (Å²) in [5, 5.41) is 2.54. The molecule has 0 aromatic heterocycles. The summed E-state index contributed by atoms with van der Waals surface area (Å²) in [7, 11) is 1.54. The molecular formula is C6H12F3N. The Bertz CT molecular complexity index is 74.8. The van der Waals surface area contributed by atoms with Gasteiger partial charge in [-0.15, -0.1) is 0 Å². The van der Waals surface area contributed by atoms with E-state index < -0.39 is 25.4 Å². The molecule has 1 N–H and O–H groups in total. The third kappa shape index (κ3) is 2.17. The van der Waals surface area contributed by atoms with Gasteiger partial charge in [-0.25, -0.2) is 0 Å². The van der Waals surface area contributed by atoms with Crippen LogP contribution in [0.2, 0.25) is 0 Å².